The number of hydrogen-bond acceptors (Lipinski definition) is 3. The van der Waals surface area contributed by atoms with E-state index in [1.807, 2.05) is 0 Å². The molecule has 8 aromatic rings. The van der Waals surface area contributed by atoms with Crippen LogP contribution in [0.2, 0.25) is 0 Å². The van der Waals surface area contributed by atoms with E-state index in [1.165, 1.54) is 78.1 Å². The molecule has 2 heterocycles. The molecule has 0 saturated heterocycles. The first-order chi connectivity index (χ1) is 33.9. The van der Waals surface area contributed by atoms with Gasteiger partial charge in [0.05, 0.1) is 11.4 Å². The molecule has 0 radical (unpaired) electrons. The average molecular weight is 944 g/mol. The molecule has 8 aromatic carbocycles. The molecular formula is C68H74BN3. The van der Waals surface area contributed by atoms with Gasteiger partial charge in [-0.05, 0) is 144 Å². The Morgan fingerprint density at radius 2 is 0.750 bits per heavy atom. The summed E-state index contributed by atoms with van der Waals surface area (Å²) in [4.78, 5) is 7.72. The zero-order valence-electron chi connectivity index (χ0n) is 45.7. The lowest BCUT2D eigenvalue weighted by Crippen LogP contribution is -2.61. The number of para-hydroxylation sites is 1. The maximum atomic E-state index is 2.61. The van der Waals surface area contributed by atoms with Crippen molar-refractivity contribution in [1.29, 1.82) is 0 Å². The number of fused-ring (bicyclic) bond motifs is 4. The van der Waals surface area contributed by atoms with E-state index in [4.69, 9.17) is 0 Å². The molecule has 4 heteroatoms. The molecule has 0 N–H and O–H groups in total. The summed E-state index contributed by atoms with van der Waals surface area (Å²) in [6, 6.07) is 67.6. The molecular weight excluding hydrogens is 870 g/mol. The molecule has 0 saturated carbocycles. The second-order valence-corrected chi connectivity index (χ2v) is 25.7. The molecule has 0 fully saturated rings. The molecule has 0 amide bonds. The SMILES string of the molecule is CC(C)(C)c1ccc(N2c3ccc(C(C)(C)C)cc3B3c4cc(C(C)(C)C)ccc4N(c4ccccc4-c4ccccc4)c4cc(N(c5cccc(C(C)(C)C)c5)c5cccc(C(C)(C)C)c5)cc2c43)cc1. The van der Waals surface area contributed by atoms with Gasteiger partial charge in [0.1, 0.15) is 0 Å². The maximum Gasteiger partial charge on any atom is 0.252 e. The zero-order chi connectivity index (χ0) is 51.3. The zero-order valence-corrected chi connectivity index (χ0v) is 45.7. The van der Waals surface area contributed by atoms with Crippen LogP contribution in [0.3, 0.4) is 0 Å². The summed E-state index contributed by atoms with van der Waals surface area (Å²) in [5, 5.41) is 0. The van der Waals surface area contributed by atoms with Gasteiger partial charge in [-0.25, -0.2) is 0 Å². The molecule has 2 aliphatic rings. The van der Waals surface area contributed by atoms with Gasteiger partial charge in [-0.15, -0.1) is 0 Å². The molecule has 0 aliphatic carbocycles. The molecule has 0 bridgehead atoms. The van der Waals surface area contributed by atoms with Crippen molar-refractivity contribution in [3.63, 3.8) is 0 Å². The Labute approximate surface area is 432 Å². The van der Waals surface area contributed by atoms with Crippen LogP contribution in [0.25, 0.3) is 11.1 Å². The van der Waals surface area contributed by atoms with Gasteiger partial charge in [-0.3, -0.25) is 0 Å². The molecule has 0 aromatic heterocycles. The number of nitrogens with zero attached hydrogens (tertiary/aromatic N) is 3. The molecule has 3 nitrogen and oxygen atoms in total. The molecule has 0 atom stereocenters. The van der Waals surface area contributed by atoms with E-state index in [2.05, 4.69) is 294 Å². The van der Waals surface area contributed by atoms with E-state index < -0.39 is 0 Å². The largest absolute Gasteiger partial charge is 0.311 e. The summed E-state index contributed by atoms with van der Waals surface area (Å²) >= 11 is 0. The predicted octanol–water partition coefficient (Wildman–Crippen LogP) is 17.4. The summed E-state index contributed by atoms with van der Waals surface area (Å²) in [5.41, 5.74) is 23.1. The number of hydrogen-bond donors (Lipinski definition) is 0. The summed E-state index contributed by atoms with van der Waals surface area (Å²) in [5.74, 6) is 0. The van der Waals surface area contributed by atoms with Crippen LogP contribution in [0, 0.1) is 0 Å². The monoisotopic (exact) mass is 944 g/mol. The highest BCUT2D eigenvalue weighted by Crippen LogP contribution is 2.51. The molecule has 10 rings (SSSR count). The predicted molar refractivity (Wildman–Crippen MR) is 314 cm³/mol. The Morgan fingerprint density at radius 1 is 0.319 bits per heavy atom. The first-order valence-electron chi connectivity index (χ1n) is 26.2. The molecule has 0 unspecified atom stereocenters. The van der Waals surface area contributed by atoms with Crippen LogP contribution in [-0.4, -0.2) is 6.71 Å². The molecule has 72 heavy (non-hydrogen) atoms. The van der Waals surface area contributed by atoms with Gasteiger partial charge in [0.15, 0.2) is 0 Å². The number of anilines is 9. The highest BCUT2D eigenvalue weighted by molar-refractivity contribution is 7.00. The third kappa shape index (κ3) is 8.86. The Balaban J connectivity index is 1.38. The normalized spacial score (nSPS) is 13.7. The fourth-order valence-corrected chi connectivity index (χ4v) is 10.9. The lowest BCUT2D eigenvalue weighted by molar-refractivity contribution is 0.589. The fraction of sp³-hybridized carbons (Fsp3) is 0.294. The van der Waals surface area contributed by atoms with Gasteiger partial charge >= 0.3 is 0 Å². The van der Waals surface area contributed by atoms with Crippen molar-refractivity contribution in [2.75, 3.05) is 14.7 Å². The van der Waals surface area contributed by atoms with Crippen molar-refractivity contribution in [1.82, 2.24) is 0 Å². The van der Waals surface area contributed by atoms with Crippen LogP contribution in [0.1, 0.15) is 132 Å². The third-order valence-electron chi connectivity index (χ3n) is 15.2. The average Bonchev–Trinajstić information content (AvgIpc) is 3.33. The standard InChI is InChI=1S/C68H74BN3/c1-64(2,3)46-31-35-51(36-32-46)71-59-37-33-49(67(10,11)12)41-56(59)69-57-42-50(68(13,14)15)34-38-60(57)72(58-30-20-19-29-55(58)45-23-17-16-18-24-45)62-44-54(43-61(71)63(62)69)70(52-27-21-25-47(39-52)65(4,5)6)53-28-22-26-48(40-53)66(7,8)9/h16-44H,1-15H3. The van der Waals surface area contributed by atoms with Gasteiger partial charge in [-0.1, -0.05) is 213 Å². The fourth-order valence-electron chi connectivity index (χ4n) is 10.9. The quantitative estimate of drug-likeness (QED) is 0.154. The van der Waals surface area contributed by atoms with E-state index >= 15 is 0 Å². The summed E-state index contributed by atoms with van der Waals surface area (Å²) in [6.45, 7) is 34.8. The van der Waals surface area contributed by atoms with Gasteiger partial charge in [0.25, 0.3) is 6.71 Å². The maximum absolute atomic E-state index is 2.61. The summed E-state index contributed by atoms with van der Waals surface area (Å²) in [6.07, 6.45) is 0. The molecule has 0 spiro atoms. The van der Waals surface area contributed by atoms with E-state index in [9.17, 15) is 0 Å². The minimum Gasteiger partial charge on any atom is -0.311 e. The van der Waals surface area contributed by atoms with E-state index in [1.54, 1.807) is 0 Å². The number of rotatable bonds is 6. The van der Waals surface area contributed by atoms with E-state index in [0.29, 0.717) is 0 Å². The summed E-state index contributed by atoms with van der Waals surface area (Å²) in [7, 11) is 0. The van der Waals surface area contributed by atoms with Crippen molar-refractivity contribution in [3.05, 3.63) is 204 Å². The molecule has 2 aliphatic heterocycles. The molecule has 364 valence electrons. The number of benzene rings is 8. The van der Waals surface area contributed by atoms with Crippen LogP contribution < -0.4 is 31.1 Å². The second-order valence-electron chi connectivity index (χ2n) is 25.7. The minimum absolute atomic E-state index is 0.00885. The van der Waals surface area contributed by atoms with Crippen LogP contribution in [-0.2, 0) is 27.1 Å². The lowest BCUT2D eigenvalue weighted by Gasteiger charge is -2.46. The Kier molecular flexibility index (Phi) is 11.8. The second kappa shape index (κ2) is 17.5. The highest BCUT2D eigenvalue weighted by atomic mass is 15.2. The lowest BCUT2D eigenvalue weighted by atomic mass is 9.33. The van der Waals surface area contributed by atoms with Crippen molar-refractivity contribution < 1.29 is 0 Å². The van der Waals surface area contributed by atoms with Crippen LogP contribution in [0.5, 0.6) is 0 Å². The third-order valence-corrected chi connectivity index (χ3v) is 15.2. The Bertz CT molecular complexity index is 3270. The summed E-state index contributed by atoms with van der Waals surface area (Å²) < 4.78 is 0. The van der Waals surface area contributed by atoms with Crippen molar-refractivity contribution in [2.24, 2.45) is 0 Å². The topological polar surface area (TPSA) is 9.72 Å². The van der Waals surface area contributed by atoms with Crippen molar-refractivity contribution in [2.45, 2.75) is 131 Å². The highest BCUT2D eigenvalue weighted by Gasteiger charge is 2.45. The van der Waals surface area contributed by atoms with Crippen LogP contribution in [0.4, 0.5) is 51.2 Å². The van der Waals surface area contributed by atoms with Gasteiger partial charge in [-0.2, -0.15) is 0 Å². The van der Waals surface area contributed by atoms with Crippen molar-refractivity contribution in [3.8, 4) is 11.1 Å². The smallest absolute Gasteiger partial charge is 0.252 e. The van der Waals surface area contributed by atoms with Gasteiger partial charge in [0.2, 0.25) is 0 Å². The van der Waals surface area contributed by atoms with E-state index in [-0.39, 0.29) is 33.8 Å². The van der Waals surface area contributed by atoms with Crippen molar-refractivity contribution >= 4 is 74.3 Å². The first kappa shape index (κ1) is 48.8. The van der Waals surface area contributed by atoms with Crippen LogP contribution in [0.15, 0.2) is 176 Å². The van der Waals surface area contributed by atoms with Crippen LogP contribution >= 0.6 is 0 Å². The van der Waals surface area contributed by atoms with E-state index in [0.717, 1.165) is 28.4 Å². The first-order valence-corrected chi connectivity index (χ1v) is 26.2. The Morgan fingerprint density at radius 3 is 1.25 bits per heavy atom. The Hall–Kier alpha value is -6.78. The van der Waals surface area contributed by atoms with Gasteiger partial charge in [0, 0.05) is 45.4 Å². The van der Waals surface area contributed by atoms with Gasteiger partial charge < -0.3 is 14.7 Å². The minimum atomic E-state index is -0.0654.